The zero-order valence-electron chi connectivity index (χ0n) is 17.6. The highest BCUT2D eigenvalue weighted by atomic mass is 32.1. The molecule has 4 rings (SSSR count). The van der Waals surface area contributed by atoms with Crippen molar-refractivity contribution in [2.45, 2.75) is 19.9 Å². The van der Waals surface area contributed by atoms with Crippen molar-refractivity contribution in [2.75, 3.05) is 7.11 Å². The number of thiazole rings is 1. The highest BCUT2D eigenvalue weighted by Crippen LogP contribution is 2.29. The van der Waals surface area contributed by atoms with E-state index in [1.165, 1.54) is 5.56 Å². The maximum absolute atomic E-state index is 12.2. The molecule has 1 N–H and O–H groups in total. The van der Waals surface area contributed by atoms with Crippen molar-refractivity contribution in [1.29, 1.82) is 0 Å². The molecule has 0 saturated carbocycles. The average Bonchev–Trinajstić information content (AvgIpc) is 3.29. The summed E-state index contributed by atoms with van der Waals surface area (Å²) < 4.78 is 5.14. The van der Waals surface area contributed by atoms with Crippen LogP contribution in [0, 0.1) is 6.92 Å². The van der Waals surface area contributed by atoms with E-state index in [1.807, 2.05) is 36.4 Å². The molecular weight excluding hydrogens is 404 g/mol. The minimum atomic E-state index is -0.00286. The van der Waals surface area contributed by atoms with E-state index >= 15 is 0 Å². The number of carbonyl (C=O) groups excluding carboxylic acids is 1. The molecule has 1 amide bonds. The predicted molar refractivity (Wildman–Crippen MR) is 126 cm³/mol. The number of ether oxygens (including phenoxy) is 1. The zero-order chi connectivity index (χ0) is 21.6. The molecule has 0 bridgehead atoms. The Bertz CT molecular complexity index is 1150. The van der Waals surface area contributed by atoms with E-state index in [0.29, 0.717) is 13.0 Å². The van der Waals surface area contributed by atoms with Crippen LogP contribution in [0.15, 0.2) is 78.2 Å². The van der Waals surface area contributed by atoms with Crippen LogP contribution in [-0.2, 0) is 17.8 Å². The van der Waals surface area contributed by atoms with Crippen LogP contribution in [-0.4, -0.2) is 18.0 Å². The Balaban J connectivity index is 1.34. The molecule has 31 heavy (non-hydrogen) atoms. The summed E-state index contributed by atoms with van der Waals surface area (Å²) in [4.78, 5) is 17.0. The maximum Gasteiger partial charge on any atom is 0.224 e. The van der Waals surface area contributed by atoms with Crippen molar-refractivity contribution in [2.24, 2.45) is 0 Å². The normalized spacial score (nSPS) is 10.6. The molecule has 0 radical (unpaired) electrons. The van der Waals surface area contributed by atoms with Gasteiger partial charge in [-0.25, -0.2) is 4.98 Å². The third-order valence-electron chi connectivity index (χ3n) is 5.07. The lowest BCUT2D eigenvalue weighted by Crippen LogP contribution is -2.24. The second-order valence-corrected chi connectivity index (χ2v) is 8.26. The SMILES string of the molecule is COc1ccc(CC(=O)NCc2ccc(-c3nc(-c4ccc(C)cc4)cs3)cc2)cc1. The minimum absolute atomic E-state index is 0.00286. The van der Waals surface area contributed by atoms with E-state index in [0.717, 1.165) is 38.7 Å². The van der Waals surface area contributed by atoms with Crippen molar-refractivity contribution in [3.8, 4) is 27.6 Å². The van der Waals surface area contributed by atoms with Crippen molar-refractivity contribution in [1.82, 2.24) is 10.3 Å². The Hall–Kier alpha value is -3.44. The topological polar surface area (TPSA) is 51.2 Å². The predicted octanol–water partition coefficient (Wildman–Crippen LogP) is 5.65. The monoisotopic (exact) mass is 428 g/mol. The zero-order valence-corrected chi connectivity index (χ0v) is 18.4. The number of methoxy groups -OCH3 is 1. The summed E-state index contributed by atoms with van der Waals surface area (Å²) >= 11 is 1.64. The molecule has 0 spiro atoms. The number of aryl methyl sites for hydroxylation is 1. The van der Waals surface area contributed by atoms with Gasteiger partial charge in [0.25, 0.3) is 0 Å². The number of benzene rings is 3. The van der Waals surface area contributed by atoms with E-state index in [-0.39, 0.29) is 5.91 Å². The van der Waals surface area contributed by atoms with Crippen molar-refractivity contribution >= 4 is 17.2 Å². The second-order valence-electron chi connectivity index (χ2n) is 7.40. The van der Waals surface area contributed by atoms with Gasteiger partial charge in [0.2, 0.25) is 5.91 Å². The summed E-state index contributed by atoms with van der Waals surface area (Å²) in [6.45, 7) is 2.58. The summed E-state index contributed by atoms with van der Waals surface area (Å²) in [7, 11) is 1.63. The molecule has 0 aliphatic rings. The Morgan fingerprint density at radius 2 is 1.55 bits per heavy atom. The van der Waals surface area contributed by atoms with Crippen LogP contribution >= 0.6 is 11.3 Å². The van der Waals surface area contributed by atoms with Gasteiger partial charge in [-0.05, 0) is 30.2 Å². The van der Waals surface area contributed by atoms with Gasteiger partial charge in [-0.3, -0.25) is 4.79 Å². The third kappa shape index (κ3) is 5.38. The number of nitrogens with zero attached hydrogens (tertiary/aromatic N) is 1. The Kier molecular flexibility index (Phi) is 6.43. The van der Waals surface area contributed by atoms with Crippen LogP contribution in [0.25, 0.3) is 21.8 Å². The Morgan fingerprint density at radius 3 is 2.23 bits per heavy atom. The van der Waals surface area contributed by atoms with Gasteiger partial charge in [-0.2, -0.15) is 0 Å². The summed E-state index contributed by atoms with van der Waals surface area (Å²) in [6.07, 6.45) is 0.350. The van der Waals surface area contributed by atoms with Crippen molar-refractivity contribution in [3.63, 3.8) is 0 Å². The van der Waals surface area contributed by atoms with E-state index in [1.54, 1.807) is 18.4 Å². The van der Waals surface area contributed by atoms with E-state index in [9.17, 15) is 4.79 Å². The van der Waals surface area contributed by atoms with E-state index in [4.69, 9.17) is 9.72 Å². The van der Waals surface area contributed by atoms with Gasteiger partial charge < -0.3 is 10.1 Å². The van der Waals surface area contributed by atoms with Crippen LogP contribution in [0.2, 0.25) is 0 Å². The first-order chi connectivity index (χ1) is 15.1. The molecule has 0 aliphatic carbocycles. The Labute approximate surface area is 186 Å². The summed E-state index contributed by atoms with van der Waals surface area (Å²) in [5.41, 5.74) is 6.46. The van der Waals surface area contributed by atoms with Crippen molar-refractivity contribution in [3.05, 3.63) is 94.9 Å². The number of rotatable bonds is 7. The fraction of sp³-hybridized carbons (Fsp3) is 0.154. The van der Waals surface area contributed by atoms with Gasteiger partial charge in [0.05, 0.1) is 19.2 Å². The molecule has 1 heterocycles. The van der Waals surface area contributed by atoms with Crippen LogP contribution in [0.3, 0.4) is 0 Å². The standard InChI is InChI=1S/C26H24N2O2S/c1-18-3-9-21(10-4-18)24-17-31-26(28-24)22-11-5-20(6-12-22)16-27-25(29)15-19-7-13-23(30-2)14-8-19/h3-14,17H,15-16H2,1-2H3,(H,27,29). The molecule has 1 aromatic heterocycles. The smallest absolute Gasteiger partial charge is 0.224 e. The largest absolute Gasteiger partial charge is 0.497 e. The summed E-state index contributed by atoms with van der Waals surface area (Å²) in [6, 6.07) is 24.2. The lowest BCUT2D eigenvalue weighted by Gasteiger charge is -2.07. The van der Waals surface area contributed by atoms with Gasteiger partial charge in [0.15, 0.2) is 0 Å². The van der Waals surface area contributed by atoms with Gasteiger partial charge >= 0.3 is 0 Å². The molecule has 0 unspecified atom stereocenters. The Morgan fingerprint density at radius 1 is 0.903 bits per heavy atom. The molecule has 0 atom stereocenters. The van der Waals surface area contributed by atoms with Gasteiger partial charge in [0.1, 0.15) is 10.8 Å². The van der Waals surface area contributed by atoms with Crippen LogP contribution < -0.4 is 10.1 Å². The maximum atomic E-state index is 12.2. The fourth-order valence-electron chi connectivity index (χ4n) is 3.22. The number of nitrogens with one attached hydrogen (secondary N) is 1. The molecule has 4 nitrogen and oxygen atoms in total. The first kappa shape index (κ1) is 20.8. The van der Waals surface area contributed by atoms with Gasteiger partial charge in [-0.1, -0.05) is 66.2 Å². The van der Waals surface area contributed by atoms with Gasteiger partial charge in [0, 0.05) is 23.1 Å². The minimum Gasteiger partial charge on any atom is -0.497 e. The van der Waals surface area contributed by atoms with Crippen LogP contribution in [0.1, 0.15) is 16.7 Å². The quantitative estimate of drug-likeness (QED) is 0.414. The van der Waals surface area contributed by atoms with Crippen LogP contribution in [0.5, 0.6) is 5.75 Å². The van der Waals surface area contributed by atoms with E-state index < -0.39 is 0 Å². The molecule has 4 aromatic rings. The molecule has 5 heteroatoms. The number of aromatic nitrogens is 1. The van der Waals surface area contributed by atoms with Crippen molar-refractivity contribution < 1.29 is 9.53 Å². The molecule has 156 valence electrons. The second kappa shape index (κ2) is 9.58. The molecular formula is C26H24N2O2S. The van der Waals surface area contributed by atoms with Gasteiger partial charge in [-0.15, -0.1) is 11.3 Å². The number of amides is 1. The highest BCUT2D eigenvalue weighted by Gasteiger charge is 2.08. The number of hydrogen-bond acceptors (Lipinski definition) is 4. The molecule has 3 aromatic carbocycles. The lowest BCUT2D eigenvalue weighted by atomic mass is 10.1. The highest BCUT2D eigenvalue weighted by molar-refractivity contribution is 7.13. The summed E-state index contributed by atoms with van der Waals surface area (Å²) in [5, 5.41) is 6.06. The molecule has 0 saturated heterocycles. The number of hydrogen-bond donors (Lipinski definition) is 1. The summed E-state index contributed by atoms with van der Waals surface area (Å²) in [5.74, 6) is 0.785. The van der Waals surface area contributed by atoms with E-state index in [2.05, 4.69) is 54.0 Å². The fourth-order valence-corrected chi connectivity index (χ4v) is 4.06. The average molecular weight is 429 g/mol. The molecule has 0 fully saturated rings. The lowest BCUT2D eigenvalue weighted by molar-refractivity contribution is -0.120. The molecule has 0 aliphatic heterocycles. The third-order valence-corrected chi connectivity index (χ3v) is 5.96. The first-order valence-corrected chi connectivity index (χ1v) is 11.0. The first-order valence-electron chi connectivity index (χ1n) is 10.1. The van der Waals surface area contributed by atoms with Crippen LogP contribution in [0.4, 0.5) is 0 Å². The number of carbonyl (C=O) groups is 1.